The van der Waals surface area contributed by atoms with Crippen LogP contribution in [0.4, 0.5) is 11.4 Å². The Hall–Kier alpha value is -4.85. The number of rotatable bonds is 10. The van der Waals surface area contributed by atoms with Gasteiger partial charge < -0.3 is 8.92 Å². The summed E-state index contributed by atoms with van der Waals surface area (Å²) < 4.78 is 35.9. The first kappa shape index (κ1) is 25.8. The molecule has 0 atom stereocenters. The lowest BCUT2D eigenvalue weighted by Gasteiger charge is -2.12. The van der Waals surface area contributed by atoms with Crippen molar-refractivity contribution in [1.29, 1.82) is 0 Å². The topological polar surface area (TPSA) is 180 Å². The molecule has 3 rings (SSSR count). The van der Waals surface area contributed by atoms with Crippen LogP contribution >= 0.6 is 0 Å². The number of nitrogens with zero attached hydrogens (tertiary/aromatic N) is 3. The molecule has 0 fully saturated rings. The summed E-state index contributed by atoms with van der Waals surface area (Å²) in [4.78, 5) is 32.2. The molecule has 0 aromatic heterocycles. The molecular formula is C22H18N4O9S. The normalized spacial score (nSPS) is 11.1. The Balaban J connectivity index is 1.77. The molecule has 3 aromatic rings. The average Bonchev–Trinajstić information content (AvgIpc) is 2.85. The number of benzene rings is 3. The number of nitro groups is 2. The van der Waals surface area contributed by atoms with Crippen LogP contribution in [0.15, 0.2) is 76.7 Å². The van der Waals surface area contributed by atoms with E-state index in [0.29, 0.717) is 5.56 Å². The smallest absolute Gasteiger partial charge is 0.339 e. The van der Waals surface area contributed by atoms with Crippen LogP contribution in [-0.2, 0) is 10.1 Å². The largest absolute Gasteiger partial charge is 0.490 e. The zero-order valence-corrected chi connectivity index (χ0v) is 19.4. The van der Waals surface area contributed by atoms with Gasteiger partial charge in [-0.15, -0.1) is 0 Å². The highest BCUT2D eigenvalue weighted by Gasteiger charge is 2.22. The van der Waals surface area contributed by atoms with Gasteiger partial charge in [0.05, 0.1) is 22.7 Å². The Labute approximate surface area is 204 Å². The van der Waals surface area contributed by atoms with Crippen molar-refractivity contribution in [3.8, 4) is 11.5 Å². The van der Waals surface area contributed by atoms with Gasteiger partial charge >= 0.3 is 10.1 Å². The van der Waals surface area contributed by atoms with Gasteiger partial charge in [-0.05, 0) is 42.8 Å². The molecule has 0 spiro atoms. The summed E-state index contributed by atoms with van der Waals surface area (Å²) >= 11 is 0. The summed E-state index contributed by atoms with van der Waals surface area (Å²) in [6.07, 6.45) is 1.25. The van der Waals surface area contributed by atoms with Gasteiger partial charge in [-0.25, -0.2) is 5.43 Å². The van der Waals surface area contributed by atoms with E-state index in [1.165, 1.54) is 48.7 Å². The molecule has 1 amide bonds. The van der Waals surface area contributed by atoms with Gasteiger partial charge in [-0.1, -0.05) is 12.1 Å². The van der Waals surface area contributed by atoms with Crippen LogP contribution in [0.5, 0.6) is 11.5 Å². The lowest BCUT2D eigenvalue weighted by Crippen LogP contribution is -2.17. The third-order valence-electron chi connectivity index (χ3n) is 4.48. The second-order valence-electron chi connectivity index (χ2n) is 6.94. The van der Waals surface area contributed by atoms with Crippen molar-refractivity contribution in [2.45, 2.75) is 11.8 Å². The van der Waals surface area contributed by atoms with Crippen molar-refractivity contribution < 1.29 is 32.0 Å². The first-order valence-electron chi connectivity index (χ1n) is 10.1. The molecule has 13 nitrogen and oxygen atoms in total. The highest BCUT2D eigenvalue weighted by Crippen LogP contribution is 2.31. The maximum absolute atomic E-state index is 12.6. The quantitative estimate of drug-likeness (QED) is 0.183. The second kappa shape index (κ2) is 11.1. The van der Waals surface area contributed by atoms with Crippen LogP contribution in [0.2, 0.25) is 0 Å². The number of hydrogen-bond acceptors (Lipinski definition) is 10. The molecule has 0 aliphatic carbocycles. The van der Waals surface area contributed by atoms with Crippen molar-refractivity contribution in [2.24, 2.45) is 5.10 Å². The van der Waals surface area contributed by atoms with Gasteiger partial charge in [0, 0.05) is 29.8 Å². The van der Waals surface area contributed by atoms with Gasteiger partial charge in [-0.3, -0.25) is 25.0 Å². The molecule has 186 valence electrons. The summed E-state index contributed by atoms with van der Waals surface area (Å²) in [7, 11) is -4.41. The first-order valence-corrected chi connectivity index (χ1v) is 11.5. The second-order valence-corrected chi connectivity index (χ2v) is 8.48. The standard InChI is InChI=1S/C22H18N4O9S/c1-2-34-21-11-15(14-23-24-22(27)16-5-3-6-17(12-16)25(28)29)9-10-20(21)35-36(32,33)19-8-4-7-18(13-19)26(30)31/h3-14H,2H2,1H3,(H,24,27)/b23-14-. The Morgan fingerprint density at radius 2 is 1.64 bits per heavy atom. The third kappa shape index (κ3) is 6.38. The van der Waals surface area contributed by atoms with E-state index in [2.05, 4.69) is 10.5 Å². The molecule has 0 unspecified atom stereocenters. The van der Waals surface area contributed by atoms with E-state index in [1.54, 1.807) is 6.92 Å². The molecule has 0 aliphatic heterocycles. The SMILES string of the molecule is CCOc1cc(/C=N\NC(=O)c2cccc([N+](=O)[O-])c2)ccc1OS(=O)(=O)c1cccc([N+](=O)[O-])c1. The fourth-order valence-corrected chi connectivity index (χ4v) is 3.83. The molecule has 36 heavy (non-hydrogen) atoms. The molecule has 0 bridgehead atoms. The molecule has 0 saturated carbocycles. The van der Waals surface area contributed by atoms with Crippen molar-refractivity contribution in [3.05, 3.63) is 98.1 Å². The van der Waals surface area contributed by atoms with Gasteiger partial charge in [0.25, 0.3) is 17.3 Å². The van der Waals surface area contributed by atoms with Crippen LogP contribution in [0, 0.1) is 20.2 Å². The zero-order chi connectivity index (χ0) is 26.3. The van der Waals surface area contributed by atoms with Gasteiger partial charge in [0.1, 0.15) is 4.90 Å². The third-order valence-corrected chi connectivity index (χ3v) is 5.71. The van der Waals surface area contributed by atoms with Gasteiger partial charge in [0.2, 0.25) is 0 Å². The minimum Gasteiger partial charge on any atom is -0.490 e. The molecular weight excluding hydrogens is 496 g/mol. The predicted octanol–water partition coefficient (Wildman–Crippen LogP) is 3.43. The number of nitrogens with one attached hydrogen (secondary N) is 1. The number of nitro benzene ring substituents is 2. The monoisotopic (exact) mass is 514 g/mol. The lowest BCUT2D eigenvalue weighted by atomic mass is 10.2. The van der Waals surface area contributed by atoms with Gasteiger partial charge in [-0.2, -0.15) is 13.5 Å². The Bertz CT molecular complexity index is 1460. The molecule has 0 saturated heterocycles. The molecule has 1 N–H and O–H groups in total. The summed E-state index contributed by atoms with van der Waals surface area (Å²) in [6.45, 7) is 1.83. The molecule has 0 heterocycles. The molecule has 3 aromatic carbocycles. The summed E-state index contributed by atoms with van der Waals surface area (Å²) in [6, 6.07) is 13.7. The number of carbonyl (C=O) groups is 1. The molecule has 0 radical (unpaired) electrons. The average molecular weight is 514 g/mol. The van der Waals surface area contributed by atoms with Crippen LogP contribution in [0.1, 0.15) is 22.8 Å². The van der Waals surface area contributed by atoms with E-state index in [-0.39, 0.29) is 29.4 Å². The Morgan fingerprint density at radius 3 is 2.31 bits per heavy atom. The van der Waals surface area contributed by atoms with E-state index in [1.807, 2.05) is 0 Å². The van der Waals surface area contributed by atoms with Crippen LogP contribution < -0.4 is 14.3 Å². The van der Waals surface area contributed by atoms with Crippen molar-refractivity contribution in [3.63, 3.8) is 0 Å². The van der Waals surface area contributed by atoms with Gasteiger partial charge in [0.15, 0.2) is 11.5 Å². The zero-order valence-electron chi connectivity index (χ0n) is 18.6. The number of ether oxygens (including phenoxy) is 1. The predicted molar refractivity (Wildman–Crippen MR) is 127 cm³/mol. The minimum atomic E-state index is -4.41. The first-order chi connectivity index (χ1) is 17.1. The van der Waals surface area contributed by atoms with E-state index < -0.39 is 36.5 Å². The lowest BCUT2D eigenvalue weighted by molar-refractivity contribution is -0.385. The highest BCUT2D eigenvalue weighted by atomic mass is 32.2. The summed E-state index contributed by atoms with van der Waals surface area (Å²) in [5.41, 5.74) is 2.01. The maximum atomic E-state index is 12.6. The van der Waals surface area contributed by atoms with Crippen molar-refractivity contribution in [2.75, 3.05) is 6.61 Å². The molecule has 0 aliphatic rings. The van der Waals surface area contributed by atoms with E-state index >= 15 is 0 Å². The number of amides is 1. The van der Waals surface area contributed by atoms with E-state index in [4.69, 9.17) is 8.92 Å². The maximum Gasteiger partial charge on any atom is 0.339 e. The van der Waals surface area contributed by atoms with Crippen LogP contribution in [0.25, 0.3) is 0 Å². The number of non-ortho nitro benzene ring substituents is 2. The highest BCUT2D eigenvalue weighted by molar-refractivity contribution is 7.87. The van der Waals surface area contributed by atoms with Crippen molar-refractivity contribution >= 4 is 33.6 Å². The van der Waals surface area contributed by atoms with Crippen molar-refractivity contribution in [1.82, 2.24) is 5.43 Å². The summed E-state index contributed by atoms with van der Waals surface area (Å²) in [5, 5.41) is 25.6. The number of hydrazone groups is 1. The fraction of sp³-hybridized carbons (Fsp3) is 0.0909. The van der Waals surface area contributed by atoms with Crippen LogP contribution in [-0.4, -0.2) is 37.0 Å². The minimum absolute atomic E-state index is 0.0338. The Morgan fingerprint density at radius 1 is 0.972 bits per heavy atom. The number of hydrogen-bond donors (Lipinski definition) is 1. The number of carbonyl (C=O) groups excluding carboxylic acids is 1. The molecule has 14 heteroatoms. The fourth-order valence-electron chi connectivity index (χ4n) is 2.85. The van der Waals surface area contributed by atoms with Crippen LogP contribution in [0.3, 0.4) is 0 Å². The summed E-state index contributed by atoms with van der Waals surface area (Å²) in [5.74, 6) is -0.801. The Kier molecular flexibility index (Phi) is 7.91. The van der Waals surface area contributed by atoms with E-state index in [0.717, 1.165) is 24.3 Å². The van der Waals surface area contributed by atoms with E-state index in [9.17, 15) is 33.4 Å².